The molecule has 0 amide bonds. The van der Waals surface area contributed by atoms with Crippen LogP contribution in [0, 0.1) is 5.82 Å². The second-order valence-electron chi connectivity index (χ2n) is 4.89. The van der Waals surface area contributed by atoms with E-state index < -0.39 is 58.6 Å². The molecule has 1 aromatic carbocycles. The van der Waals surface area contributed by atoms with E-state index in [0.29, 0.717) is 18.2 Å². The highest BCUT2D eigenvalue weighted by molar-refractivity contribution is 5.97. The number of rotatable bonds is 0. The van der Waals surface area contributed by atoms with E-state index in [1.807, 2.05) is 0 Å². The number of phenols is 1. The van der Waals surface area contributed by atoms with Crippen LogP contribution in [0.4, 0.5) is 22.0 Å². The van der Waals surface area contributed by atoms with Crippen molar-refractivity contribution in [2.24, 2.45) is 0 Å². The van der Waals surface area contributed by atoms with E-state index in [1.54, 1.807) is 0 Å². The first kappa shape index (κ1) is 14.6. The summed E-state index contributed by atoms with van der Waals surface area (Å²) in [5.41, 5.74) is -1.15. The zero-order chi connectivity index (χ0) is 16.2. The summed E-state index contributed by atoms with van der Waals surface area (Å²) in [6.07, 6.45) is -5.05. The summed E-state index contributed by atoms with van der Waals surface area (Å²) in [7, 11) is 0. The van der Waals surface area contributed by atoms with E-state index in [-0.39, 0.29) is 5.76 Å². The Labute approximate surface area is 120 Å². The van der Waals surface area contributed by atoms with Crippen LogP contribution in [0.3, 0.4) is 0 Å². The van der Waals surface area contributed by atoms with E-state index in [4.69, 9.17) is 4.74 Å². The number of ether oxygens (including phenoxy) is 1. The number of ketones is 1. The van der Waals surface area contributed by atoms with Crippen molar-refractivity contribution < 1.29 is 36.6 Å². The van der Waals surface area contributed by atoms with Gasteiger partial charge in [0.1, 0.15) is 17.4 Å². The molecule has 3 nitrogen and oxygen atoms in total. The summed E-state index contributed by atoms with van der Waals surface area (Å²) in [6, 6.07) is 1.20. The Hall–Kier alpha value is -2.38. The van der Waals surface area contributed by atoms with E-state index in [1.165, 1.54) is 0 Å². The fourth-order valence-corrected chi connectivity index (χ4v) is 2.49. The Kier molecular flexibility index (Phi) is 3.01. The van der Waals surface area contributed by atoms with E-state index in [2.05, 4.69) is 0 Å². The van der Waals surface area contributed by atoms with Crippen LogP contribution in [0.15, 0.2) is 35.4 Å². The molecule has 1 unspecified atom stereocenters. The molecule has 116 valence electrons. The quantitative estimate of drug-likeness (QED) is 0.743. The first-order valence-corrected chi connectivity index (χ1v) is 6.09. The highest BCUT2D eigenvalue weighted by Gasteiger charge is 2.49. The van der Waals surface area contributed by atoms with E-state index >= 15 is 0 Å². The van der Waals surface area contributed by atoms with Gasteiger partial charge < -0.3 is 9.84 Å². The number of Topliss-reactive ketones (excluding diaryl/α,β-unsaturated/α-hetero) is 1. The van der Waals surface area contributed by atoms with Gasteiger partial charge in [-0.2, -0.15) is 13.2 Å². The molecule has 0 saturated carbocycles. The number of alkyl halides is 3. The molecule has 1 aliphatic heterocycles. The molecule has 1 aromatic rings. The molecule has 0 fully saturated rings. The van der Waals surface area contributed by atoms with Crippen molar-refractivity contribution >= 4 is 5.78 Å². The second kappa shape index (κ2) is 4.56. The van der Waals surface area contributed by atoms with Crippen LogP contribution < -0.4 is 4.74 Å². The molecule has 0 aromatic heterocycles. The third kappa shape index (κ3) is 2.15. The molecule has 0 saturated heterocycles. The van der Waals surface area contributed by atoms with Gasteiger partial charge in [-0.3, -0.25) is 4.79 Å². The highest BCUT2D eigenvalue weighted by Crippen LogP contribution is 2.51. The number of hydrogen-bond acceptors (Lipinski definition) is 3. The normalized spacial score (nSPS) is 21.0. The average molecular weight is 318 g/mol. The van der Waals surface area contributed by atoms with Gasteiger partial charge in [-0.25, -0.2) is 8.78 Å². The summed E-state index contributed by atoms with van der Waals surface area (Å²) in [5.74, 6) is -7.55. The third-order valence-electron chi connectivity index (χ3n) is 3.45. The number of carbonyl (C=O) groups is 1. The number of aromatic hydroxyl groups is 1. The Bertz CT molecular complexity index is 746. The zero-order valence-electron chi connectivity index (χ0n) is 10.7. The molecular weight excluding hydrogens is 311 g/mol. The lowest BCUT2D eigenvalue weighted by molar-refractivity contribution is -0.143. The number of phenolic OH excluding ortho intramolecular Hbond substituents is 1. The summed E-state index contributed by atoms with van der Waals surface area (Å²) in [6.45, 7) is 0. The smallest absolute Gasteiger partial charge is 0.399 e. The average Bonchev–Trinajstić information content (AvgIpc) is 2.38. The standard InChI is InChI=1S/C14H7F5O3/c15-7-1-5-11(3-9(7)20)22-12-4-10(21)8(16)2-6(12)13(5)14(17,18)19/h1-3,13,20H,4H2. The molecule has 0 radical (unpaired) electrons. The van der Waals surface area contributed by atoms with Crippen LogP contribution >= 0.6 is 0 Å². The predicted molar refractivity (Wildman–Crippen MR) is 63.3 cm³/mol. The van der Waals surface area contributed by atoms with Gasteiger partial charge in [-0.1, -0.05) is 0 Å². The number of halogens is 5. The van der Waals surface area contributed by atoms with Crippen molar-refractivity contribution in [3.8, 4) is 11.5 Å². The maximum atomic E-state index is 13.4. The second-order valence-corrected chi connectivity index (χ2v) is 4.89. The van der Waals surface area contributed by atoms with Gasteiger partial charge in [-0.15, -0.1) is 0 Å². The molecule has 1 atom stereocenters. The zero-order valence-corrected chi connectivity index (χ0v) is 10.7. The van der Waals surface area contributed by atoms with Gasteiger partial charge in [0.15, 0.2) is 23.2 Å². The van der Waals surface area contributed by atoms with Crippen LogP contribution in [0.2, 0.25) is 0 Å². The number of carbonyl (C=O) groups excluding carboxylic acids is 1. The minimum absolute atomic E-state index is 0.354. The van der Waals surface area contributed by atoms with Crippen molar-refractivity contribution in [1.82, 2.24) is 0 Å². The number of hydrogen-bond donors (Lipinski definition) is 1. The topological polar surface area (TPSA) is 46.5 Å². The summed E-state index contributed by atoms with van der Waals surface area (Å²) >= 11 is 0. The van der Waals surface area contributed by atoms with Crippen molar-refractivity contribution in [3.05, 3.63) is 46.7 Å². The molecule has 2 aliphatic rings. The van der Waals surface area contributed by atoms with E-state index in [0.717, 1.165) is 0 Å². The molecule has 1 N–H and O–H groups in total. The fraction of sp³-hybridized carbons (Fsp3) is 0.214. The van der Waals surface area contributed by atoms with Gasteiger partial charge in [0.25, 0.3) is 0 Å². The van der Waals surface area contributed by atoms with Gasteiger partial charge >= 0.3 is 6.18 Å². The minimum atomic E-state index is -4.85. The number of benzene rings is 1. The Morgan fingerprint density at radius 2 is 1.91 bits per heavy atom. The molecule has 0 spiro atoms. The van der Waals surface area contributed by atoms with Gasteiger partial charge in [0.05, 0.1) is 6.42 Å². The Balaban J connectivity index is 2.23. The molecular formula is C14H7F5O3. The first-order valence-electron chi connectivity index (χ1n) is 6.09. The highest BCUT2D eigenvalue weighted by atomic mass is 19.4. The first-order chi connectivity index (χ1) is 10.2. The van der Waals surface area contributed by atoms with Gasteiger partial charge in [-0.05, 0) is 12.1 Å². The van der Waals surface area contributed by atoms with Crippen molar-refractivity contribution in [1.29, 1.82) is 0 Å². The Morgan fingerprint density at radius 3 is 2.55 bits per heavy atom. The lowest BCUT2D eigenvalue weighted by Crippen LogP contribution is -2.30. The molecule has 8 heteroatoms. The molecule has 22 heavy (non-hydrogen) atoms. The largest absolute Gasteiger partial charge is 0.505 e. The Morgan fingerprint density at radius 1 is 1.23 bits per heavy atom. The molecule has 3 rings (SSSR count). The summed E-state index contributed by atoms with van der Waals surface area (Å²) in [5, 5.41) is 9.26. The van der Waals surface area contributed by atoms with Crippen molar-refractivity contribution in [2.75, 3.05) is 0 Å². The fourth-order valence-electron chi connectivity index (χ4n) is 2.49. The van der Waals surface area contributed by atoms with Crippen LogP contribution in [0.25, 0.3) is 0 Å². The lowest BCUT2D eigenvalue weighted by Gasteiger charge is -2.32. The van der Waals surface area contributed by atoms with Crippen LogP contribution in [0.1, 0.15) is 17.9 Å². The van der Waals surface area contributed by atoms with Crippen molar-refractivity contribution in [3.63, 3.8) is 0 Å². The molecule has 1 aliphatic carbocycles. The minimum Gasteiger partial charge on any atom is -0.505 e. The van der Waals surface area contributed by atoms with Crippen LogP contribution in [-0.2, 0) is 4.79 Å². The third-order valence-corrected chi connectivity index (χ3v) is 3.45. The maximum absolute atomic E-state index is 13.4. The lowest BCUT2D eigenvalue weighted by atomic mass is 9.83. The summed E-state index contributed by atoms with van der Waals surface area (Å²) in [4.78, 5) is 11.3. The SMILES string of the molecule is O=C1CC2=C(C=C1F)C(C(F)(F)F)c1cc(F)c(O)cc1O2. The van der Waals surface area contributed by atoms with Gasteiger partial charge in [0, 0.05) is 17.2 Å². The molecule has 1 heterocycles. The maximum Gasteiger partial charge on any atom is 0.399 e. The van der Waals surface area contributed by atoms with E-state index in [9.17, 15) is 31.9 Å². The van der Waals surface area contributed by atoms with Crippen LogP contribution in [-0.4, -0.2) is 17.1 Å². The van der Waals surface area contributed by atoms with Crippen LogP contribution in [0.5, 0.6) is 11.5 Å². The van der Waals surface area contributed by atoms with Gasteiger partial charge in [0.2, 0.25) is 0 Å². The predicted octanol–water partition coefficient (Wildman–Crippen LogP) is 3.65. The summed E-state index contributed by atoms with van der Waals surface area (Å²) < 4.78 is 71.9. The molecule has 0 bridgehead atoms. The number of allylic oxidation sites excluding steroid dienone is 4. The number of fused-ring (bicyclic) bond motifs is 1. The monoisotopic (exact) mass is 318 g/mol. The van der Waals surface area contributed by atoms with Crippen molar-refractivity contribution in [2.45, 2.75) is 18.5 Å².